The highest BCUT2D eigenvalue weighted by Crippen LogP contribution is 2.43. The molecule has 0 N–H and O–H groups in total. The van der Waals surface area contributed by atoms with Crippen molar-refractivity contribution in [3.05, 3.63) is 182 Å². The van der Waals surface area contributed by atoms with Gasteiger partial charge in [0.25, 0.3) is 0 Å². The van der Waals surface area contributed by atoms with Crippen LogP contribution in [0.2, 0.25) is 0 Å². The molecule has 4 heterocycles. The summed E-state index contributed by atoms with van der Waals surface area (Å²) in [7, 11) is 0. The summed E-state index contributed by atoms with van der Waals surface area (Å²) in [5.41, 5.74) is 11.5. The van der Waals surface area contributed by atoms with Crippen molar-refractivity contribution in [3.8, 4) is 45.5 Å². The van der Waals surface area contributed by atoms with Gasteiger partial charge in [-0.25, -0.2) is 19.9 Å². The number of aromatic nitrogens is 6. The third-order valence-corrected chi connectivity index (χ3v) is 10.3. The minimum Gasteiger partial charge on any atom is -0.292 e. The van der Waals surface area contributed by atoms with E-state index in [2.05, 4.69) is 149 Å². The van der Waals surface area contributed by atoms with Crippen LogP contribution in [0.5, 0.6) is 0 Å². The lowest BCUT2D eigenvalue weighted by atomic mass is 10.1. The maximum absolute atomic E-state index is 5.34. The molecule has 4 aromatic heterocycles. The summed E-state index contributed by atoms with van der Waals surface area (Å²) in [6.07, 6.45) is 0. The number of benzene rings is 7. The highest BCUT2D eigenvalue weighted by Gasteiger charge is 2.24. The Kier molecular flexibility index (Phi) is 6.75. The first-order valence-corrected chi connectivity index (χ1v) is 18.1. The number of fused-ring (bicyclic) bond motifs is 8. The van der Waals surface area contributed by atoms with Gasteiger partial charge in [0.05, 0.1) is 44.5 Å². The minimum absolute atomic E-state index is 0.622. The van der Waals surface area contributed by atoms with E-state index in [1.165, 1.54) is 0 Å². The fraction of sp³-hybridized carbons (Fsp3) is 0. The first-order chi connectivity index (χ1) is 26.8. The molecule has 0 fully saturated rings. The van der Waals surface area contributed by atoms with E-state index in [1.54, 1.807) is 0 Å². The zero-order chi connectivity index (χ0) is 35.6. The van der Waals surface area contributed by atoms with Crippen LogP contribution in [0.4, 0.5) is 0 Å². The average Bonchev–Trinajstić information content (AvgIpc) is 3.77. The predicted molar refractivity (Wildman–Crippen MR) is 220 cm³/mol. The molecule has 0 aliphatic rings. The molecule has 6 nitrogen and oxygen atoms in total. The van der Waals surface area contributed by atoms with Gasteiger partial charge in [-0.1, -0.05) is 140 Å². The molecular formula is C48H30N6. The zero-order valence-corrected chi connectivity index (χ0v) is 29.0. The standard InChI is InChI=1S/C48H30N6/c1-4-16-31(17-5-1)38-30-39(32-18-6-2-7-19-32)52-48(51-38)54-41-27-15-11-23-35(41)45-43(54)29-28-42-44(45)34-22-10-14-26-40(34)53(42)47-46(33-20-8-3-9-21-33)49-36-24-12-13-25-37(36)50-47/h1-30H. The van der Waals surface area contributed by atoms with Crippen molar-refractivity contribution in [1.82, 2.24) is 29.1 Å². The van der Waals surface area contributed by atoms with Crippen LogP contribution in [-0.4, -0.2) is 29.1 Å². The van der Waals surface area contributed by atoms with E-state index < -0.39 is 0 Å². The van der Waals surface area contributed by atoms with Crippen molar-refractivity contribution in [2.75, 3.05) is 0 Å². The topological polar surface area (TPSA) is 61.4 Å². The molecule has 6 heteroatoms. The van der Waals surface area contributed by atoms with E-state index in [-0.39, 0.29) is 0 Å². The third-order valence-electron chi connectivity index (χ3n) is 10.3. The Morgan fingerprint density at radius 3 is 1.35 bits per heavy atom. The van der Waals surface area contributed by atoms with E-state index in [4.69, 9.17) is 19.9 Å². The first kappa shape index (κ1) is 30.2. The fourth-order valence-corrected chi connectivity index (χ4v) is 7.95. The molecule has 0 amide bonds. The third kappa shape index (κ3) is 4.67. The SMILES string of the molecule is c1ccc(-c2cc(-c3ccccc3)nc(-n3c4ccccc4c4c5c6ccccc6n(-c6nc7ccccc7nc6-c6ccccc6)c5ccc43)n2)cc1. The van der Waals surface area contributed by atoms with Gasteiger partial charge in [-0.15, -0.1) is 0 Å². The maximum atomic E-state index is 5.34. The molecule has 11 rings (SSSR count). The van der Waals surface area contributed by atoms with E-state index in [0.717, 1.165) is 94.2 Å². The molecule has 0 atom stereocenters. The molecule has 0 saturated carbocycles. The minimum atomic E-state index is 0.622. The Morgan fingerprint density at radius 1 is 0.333 bits per heavy atom. The maximum Gasteiger partial charge on any atom is 0.235 e. The summed E-state index contributed by atoms with van der Waals surface area (Å²) in [6, 6.07) is 62.9. The van der Waals surface area contributed by atoms with Crippen LogP contribution >= 0.6 is 0 Å². The molecule has 0 bridgehead atoms. The first-order valence-electron chi connectivity index (χ1n) is 18.1. The molecule has 11 aromatic rings. The van der Waals surface area contributed by atoms with Gasteiger partial charge in [-0.05, 0) is 42.5 Å². The molecule has 54 heavy (non-hydrogen) atoms. The van der Waals surface area contributed by atoms with Gasteiger partial charge >= 0.3 is 0 Å². The van der Waals surface area contributed by atoms with Gasteiger partial charge in [0.1, 0.15) is 5.69 Å². The Bertz CT molecular complexity index is 3140. The Hall–Kier alpha value is -7.44. The summed E-state index contributed by atoms with van der Waals surface area (Å²) < 4.78 is 4.51. The van der Waals surface area contributed by atoms with Crippen molar-refractivity contribution in [2.24, 2.45) is 0 Å². The summed E-state index contributed by atoms with van der Waals surface area (Å²) in [5, 5.41) is 4.56. The normalized spacial score (nSPS) is 11.7. The Labute approximate surface area is 310 Å². The second-order valence-electron chi connectivity index (χ2n) is 13.5. The molecule has 0 saturated heterocycles. The number of nitrogens with zero attached hydrogens (tertiary/aromatic N) is 6. The van der Waals surface area contributed by atoms with E-state index in [9.17, 15) is 0 Å². The summed E-state index contributed by atoms with van der Waals surface area (Å²) in [4.78, 5) is 21.1. The van der Waals surface area contributed by atoms with Crippen LogP contribution in [-0.2, 0) is 0 Å². The van der Waals surface area contributed by atoms with Crippen molar-refractivity contribution >= 4 is 54.6 Å². The zero-order valence-electron chi connectivity index (χ0n) is 29.0. The van der Waals surface area contributed by atoms with E-state index >= 15 is 0 Å². The number of rotatable bonds is 5. The Balaban J connectivity index is 1.25. The van der Waals surface area contributed by atoms with Gasteiger partial charge < -0.3 is 0 Å². The van der Waals surface area contributed by atoms with Crippen LogP contribution < -0.4 is 0 Å². The van der Waals surface area contributed by atoms with Gasteiger partial charge in [0.15, 0.2) is 5.82 Å². The molecule has 0 radical (unpaired) electrons. The van der Waals surface area contributed by atoms with Gasteiger partial charge in [0, 0.05) is 38.2 Å². The van der Waals surface area contributed by atoms with Crippen LogP contribution in [0.1, 0.15) is 0 Å². The van der Waals surface area contributed by atoms with Crippen molar-refractivity contribution in [1.29, 1.82) is 0 Å². The molecule has 0 aliphatic heterocycles. The molecule has 0 spiro atoms. The number of para-hydroxylation sites is 4. The van der Waals surface area contributed by atoms with Crippen LogP contribution in [0, 0.1) is 0 Å². The van der Waals surface area contributed by atoms with Gasteiger partial charge in [-0.3, -0.25) is 9.13 Å². The summed E-state index contributed by atoms with van der Waals surface area (Å²) >= 11 is 0. The lowest BCUT2D eigenvalue weighted by Gasteiger charge is -2.14. The number of hydrogen-bond donors (Lipinski definition) is 0. The van der Waals surface area contributed by atoms with Gasteiger partial charge in [-0.2, -0.15) is 0 Å². The molecular weight excluding hydrogens is 661 g/mol. The average molecular weight is 691 g/mol. The summed E-state index contributed by atoms with van der Waals surface area (Å²) in [6.45, 7) is 0. The van der Waals surface area contributed by atoms with Crippen LogP contribution in [0.15, 0.2) is 182 Å². The van der Waals surface area contributed by atoms with Gasteiger partial charge in [0.2, 0.25) is 5.95 Å². The summed E-state index contributed by atoms with van der Waals surface area (Å²) in [5.74, 6) is 1.41. The lowest BCUT2D eigenvalue weighted by Crippen LogP contribution is -2.04. The van der Waals surface area contributed by atoms with Crippen molar-refractivity contribution < 1.29 is 0 Å². The highest BCUT2D eigenvalue weighted by molar-refractivity contribution is 6.28. The molecule has 252 valence electrons. The monoisotopic (exact) mass is 690 g/mol. The lowest BCUT2D eigenvalue weighted by molar-refractivity contribution is 0.995. The van der Waals surface area contributed by atoms with Crippen molar-refractivity contribution in [2.45, 2.75) is 0 Å². The highest BCUT2D eigenvalue weighted by atomic mass is 15.2. The van der Waals surface area contributed by atoms with Crippen LogP contribution in [0.3, 0.4) is 0 Å². The molecule has 0 unspecified atom stereocenters. The quantitative estimate of drug-likeness (QED) is 0.180. The Morgan fingerprint density at radius 2 is 0.778 bits per heavy atom. The molecule has 7 aromatic carbocycles. The smallest absolute Gasteiger partial charge is 0.235 e. The van der Waals surface area contributed by atoms with Crippen molar-refractivity contribution in [3.63, 3.8) is 0 Å². The predicted octanol–water partition coefficient (Wildman–Crippen LogP) is 11.6. The largest absolute Gasteiger partial charge is 0.292 e. The number of hydrogen-bond acceptors (Lipinski definition) is 4. The van der Waals surface area contributed by atoms with E-state index in [1.807, 2.05) is 42.5 Å². The van der Waals surface area contributed by atoms with E-state index in [0.29, 0.717) is 5.95 Å². The van der Waals surface area contributed by atoms with Crippen LogP contribution in [0.25, 0.3) is 100 Å². The second kappa shape index (κ2) is 12.1. The molecule has 0 aliphatic carbocycles. The fourth-order valence-electron chi connectivity index (χ4n) is 7.95. The second-order valence-corrected chi connectivity index (χ2v) is 13.5.